The molecule has 0 unspecified atom stereocenters. The molecule has 21 heavy (non-hydrogen) atoms. The summed E-state index contributed by atoms with van der Waals surface area (Å²) in [5.41, 5.74) is 5.33. The van der Waals surface area contributed by atoms with Gasteiger partial charge >= 0.3 is 0 Å². The van der Waals surface area contributed by atoms with Crippen molar-refractivity contribution in [2.24, 2.45) is 5.73 Å². The molecule has 0 fully saturated rings. The van der Waals surface area contributed by atoms with Crippen LogP contribution in [-0.4, -0.2) is 43.3 Å². The summed E-state index contributed by atoms with van der Waals surface area (Å²) in [6.45, 7) is 1.04. The minimum Gasteiger partial charge on any atom is -0.492 e. The number of aromatic amines is 1. The summed E-state index contributed by atoms with van der Waals surface area (Å²) in [5.74, 6) is 1.21. The number of rotatable bonds is 8. The highest BCUT2D eigenvalue weighted by Crippen LogP contribution is 2.15. The topological polar surface area (TPSA) is 123 Å². The number of benzene rings is 1. The molecular formula is C12H17N5O3S. The second-order valence-corrected chi connectivity index (χ2v) is 5.96. The first-order valence-corrected chi connectivity index (χ1v) is 7.87. The van der Waals surface area contributed by atoms with Crippen molar-refractivity contribution in [1.82, 2.24) is 19.9 Å². The maximum atomic E-state index is 12.1. The molecule has 0 aliphatic carbocycles. The highest BCUT2D eigenvalue weighted by atomic mass is 32.2. The fraction of sp³-hybridized carbons (Fsp3) is 0.333. The monoisotopic (exact) mass is 311 g/mol. The quantitative estimate of drug-likeness (QED) is 0.613. The van der Waals surface area contributed by atoms with Gasteiger partial charge in [0.25, 0.3) is 0 Å². The van der Waals surface area contributed by atoms with Crippen LogP contribution in [0.5, 0.6) is 5.75 Å². The van der Waals surface area contributed by atoms with Crippen LogP contribution in [0.25, 0.3) is 0 Å². The van der Waals surface area contributed by atoms with Crippen molar-refractivity contribution in [3.8, 4) is 5.75 Å². The maximum absolute atomic E-state index is 12.1. The van der Waals surface area contributed by atoms with Gasteiger partial charge in [0.15, 0.2) is 0 Å². The molecule has 4 N–H and O–H groups in total. The number of nitrogens with two attached hydrogens (primary N) is 1. The van der Waals surface area contributed by atoms with E-state index in [9.17, 15) is 8.42 Å². The van der Waals surface area contributed by atoms with Crippen LogP contribution < -0.4 is 15.2 Å². The summed E-state index contributed by atoms with van der Waals surface area (Å²) >= 11 is 0. The van der Waals surface area contributed by atoms with Crippen molar-refractivity contribution in [2.75, 3.05) is 19.7 Å². The van der Waals surface area contributed by atoms with Gasteiger partial charge in [-0.1, -0.05) is 0 Å². The Morgan fingerprint density at radius 1 is 1.29 bits per heavy atom. The molecule has 2 rings (SSSR count). The predicted octanol–water partition coefficient (Wildman–Crippen LogP) is -0.337. The zero-order valence-corrected chi connectivity index (χ0v) is 12.1. The van der Waals surface area contributed by atoms with E-state index in [-0.39, 0.29) is 11.4 Å². The Kier molecular flexibility index (Phi) is 5.26. The molecule has 0 saturated carbocycles. The van der Waals surface area contributed by atoms with Gasteiger partial charge in [-0.25, -0.2) is 18.1 Å². The van der Waals surface area contributed by atoms with Gasteiger partial charge in [-0.2, -0.15) is 5.10 Å². The second kappa shape index (κ2) is 7.16. The standard InChI is InChI=1S/C12H17N5O3S/c13-6-8-20-10-1-3-11(4-2-10)21(18,19)16-7-5-12-14-9-15-17-12/h1-4,9,16H,5-8,13H2,(H,14,15,17). The first-order chi connectivity index (χ1) is 10.1. The molecule has 0 radical (unpaired) electrons. The summed E-state index contributed by atoms with van der Waals surface area (Å²) in [5, 5.41) is 6.36. The lowest BCUT2D eigenvalue weighted by molar-refractivity contribution is 0.328. The van der Waals surface area contributed by atoms with E-state index < -0.39 is 10.0 Å². The van der Waals surface area contributed by atoms with Crippen LogP contribution in [-0.2, 0) is 16.4 Å². The van der Waals surface area contributed by atoms with Crippen LogP contribution in [0, 0.1) is 0 Å². The lowest BCUT2D eigenvalue weighted by Crippen LogP contribution is -2.26. The Bertz CT molecular complexity index is 640. The second-order valence-electron chi connectivity index (χ2n) is 4.19. The minimum atomic E-state index is -3.54. The Labute approximate surface area is 122 Å². The van der Waals surface area contributed by atoms with E-state index in [0.29, 0.717) is 31.1 Å². The molecule has 8 nitrogen and oxygen atoms in total. The number of nitrogens with zero attached hydrogens (tertiary/aromatic N) is 2. The summed E-state index contributed by atoms with van der Waals surface area (Å²) < 4.78 is 31.9. The molecule has 0 amide bonds. The Morgan fingerprint density at radius 3 is 2.67 bits per heavy atom. The van der Waals surface area contributed by atoms with Crippen molar-refractivity contribution >= 4 is 10.0 Å². The summed E-state index contributed by atoms with van der Waals surface area (Å²) in [4.78, 5) is 4.10. The smallest absolute Gasteiger partial charge is 0.240 e. The molecule has 0 aliphatic rings. The summed E-state index contributed by atoms with van der Waals surface area (Å²) in [6, 6.07) is 6.17. The Hall–Kier alpha value is -1.97. The van der Waals surface area contributed by atoms with Crippen LogP contribution in [0.2, 0.25) is 0 Å². The van der Waals surface area contributed by atoms with Crippen LogP contribution in [0.4, 0.5) is 0 Å². The fourth-order valence-corrected chi connectivity index (χ4v) is 2.66. The SMILES string of the molecule is NCCOc1ccc(S(=O)(=O)NCCc2ncn[nH]2)cc1. The van der Waals surface area contributed by atoms with E-state index >= 15 is 0 Å². The molecule has 0 spiro atoms. The van der Waals surface area contributed by atoms with E-state index in [4.69, 9.17) is 10.5 Å². The molecule has 9 heteroatoms. The zero-order valence-electron chi connectivity index (χ0n) is 11.3. The third kappa shape index (κ3) is 4.52. The van der Waals surface area contributed by atoms with Gasteiger partial charge in [0.05, 0.1) is 4.90 Å². The third-order valence-corrected chi connectivity index (χ3v) is 4.12. The van der Waals surface area contributed by atoms with Gasteiger partial charge in [-0.3, -0.25) is 5.10 Å². The lowest BCUT2D eigenvalue weighted by atomic mass is 10.3. The largest absolute Gasteiger partial charge is 0.492 e. The van der Waals surface area contributed by atoms with Crippen molar-refractivity contribution in [2.45, 2.75) is 11.3 Å². The van der Waals surface area contributed by atoms with Crippen molar-refractivity contribution in [1.29, 1.82) is 0 Å². The lowest BCUT2D eigenvalue weighted by Gasteiger charge is -2.08. The molecule has 1 aromatic heterocycles. The number of ether oxygens (including phenoxy) is 1. The van der Waals surface area contributed by atoms with Crippen molar-refractivity contribution < 1.29 is 13.2 Å². The molecule has 0 atom stereocenters. The molecule has 1 aromatic carbocycles. The molecule has 0 aliphatic heterocycles. The van der Waals surface area contributed by atoms with Crippen LogP contribution in [0.15, 0.2) is 35.5 Å². The van der Waals surface area contributed by atoms with Crippen LogP contribution in [0.3, 0.4) is 0 Å². The van der Waals surface area contributed by atoms with E-state index in [1.54, 1.807) is 12.1 Å². The fourth-order valence-electron chi connectivity index (χ4n) is 1.63. The molecule has 0 saturated heterocycles. The zero-order chi connectivity index (χ0) is 15.1. The number of hydrogen-bond donors (Lipinski definition) is 3. The van der Waals surface area contributed by atoms with Gasteiger partial charge in [-0.05, 0) is 24.3 Å². The van der Waals surface area contributed by atoms with E-state index in [1.807, 2.05) is 0 Å². The number of hydrogen-bond acceptors (Lipinski definition) is 6. The third-order valence-electron chi connectivity index (χ3n) is 2.64. The van der Waals surface area contributed by atoms with E-state index in [1.165, 1.54) is 18.5 Å². The highest BCUT2D eigenvalue weighted by Gasteiger charge is 2.13. The van der Waals surface area contributed by atoms with Gasteiger partial charge in [-0.15, -0.1) is 0 Å². The first-order valence-electron chi connectivity index (χ1n) is 6.38. The number of nitrogens with one attached hydrogen (secondary N) is 2. The summed E-state index contributed by atoms with van der Waals surface area (Å²) in [7, 11) is -3.54. The normalized spacial score (nSPS) is 11.5. The average molecular weight is 311 g/mol. The van der Waals surface area contributed by atoms with Crippen LogP contribution >= 0.6 is 0 Å². The number of sulfonamides is 1. The van der Waals surface area contributed by atoms with Crippen molar-refractivity contribution in [3.63, 3.8) is 0 Å². The minimum absolute atomic E-state index is 0.181. The van der Waals surface area contributed by atoms with E-state index in [2.05, 4.69) is 19.9 Å². The van der Waals surface area contributed by atoms with Crippen LogP contribution in [0.1, 0.15) is 5.82 Å². The van der Waals surface area contributed by atoms with Gasteiger partial charge < -0.3 is 10.5 Å². The van der Waals surface area contributed by atoms with Gasteiger partial charge in [0, 0.05) is 19.5 Å². The highest BCUT2D eigenvalue weighted by molar-refractivity contribution is 7.89. The number of aromatic nitrogens is 3. The molecule has 2 aromatic rings. The van der Waals surface area contributed by atoms with Gasteiger partial charge in [0.2, 0.25) is 10.0 Å². The predicted molar refractivity (Wildman–Crippen MR) is 76.3 cm³/mol. The molecule has 1 heterocycles. The average Bonchev–Trinajstić information content (AvgIpc) is 2.98. The Morgan fingerprint density at radius 2 is 2.05 bits per heavy atom. The molecular weight excluding hydrogens is 294 g/mol. The summed E-state index contributed by atoms with van der Waals surface area (Å²) in [6.07, 6.45) is 1.82. The Balaban J connectivity index is 1.92. The number of H-pyrrole nitrogens is 1. The van der Waals surface area contributed by atoms with Gasteiger partial charge in [0.1, 0.15) is 24.5 Å². The molecule has 0 bridgehead atoms. The van der Waals surface area contributed by atoms with Crippen molar-refractivity contribution in [3.05, 3.63) is 36.4 Å². The first kappa shape index (κ1) is 15.4. The molecule has 114 valence electrons. The maximum Gasteiger partial charge on any atom is 0.240 e. The van der Waals surface area contributed by atoms with E-state index in [0.717, 1.165) is 0 Å².